The predicted molar refractivity (Wildman–Crippen MR) is 76.8 cm³/mol. The zero-order valence-electron chi connectivity index (χ0n) is 10.7. The molecule has 4 nitrogen and oxygen atoms in total. The van der Waals surface area contributed by atoms with Gasteiger partial charge in [-0.3, -0.25) is 14.5 Å². The van der Waals surface area contributed by atoms with Crippen LogP contribution < -0.4 is 0 Å². The monoisotopic (exact) mass is 284 g/mol. The first-order chi connectivity index (χ1) is 9.77. The Hall–Kier alpha value is -2.14. The lowest BCUT2D eigenvalue weighted by atomic mass is 10.1. The molecule has 0 atom stereocenters. The van der Waals surface area contributed by atoms with E-state index in [2.05, 4.69) is 4.98 Å². The normalized spacial score (nSPS) is 13.7. The molecule has 0 bridgehead atoms. The van der Waals surface area contributed by atoms with Gasteiger partial charge in [-0.25, -0.2) is 4.98 Å². The molecule has 1 aliphatic rings. The lowest BCUT2D eigenvalue weighted by Crippen LogP contribution is -2.31. The molecule has 1 aromatic heterocycles. The van der Waals surface area contributed by atoms with Crippen molar-refractivity contribution in [1.82, 2.24) is 9.88 Å². The number of carbonyl (C=O) groups excluding carboxylic acids is 2. The van der Waals surface area contributed by atoms with E-state index in [0.29, 0.717) is 23.4 Å². The van der Waals surface area contributed by atoms with Crippen LogP contribution in [0.15, 0.2) is 53.7 Å². The van der Waals surface area contributed by atoms with E-state index in [1.807, 2.05) is 18.2 Å². The Morgan fingerprint density at radius 2 is 1.60 bits per heavy atom. The number of aromatic nitrogens is 1. The van der Waals surface area contributed by atoms with Crippen LogP contribution in [0.4, 0.5) is 0 Å². The fourth-order valence-electron chi connectivity index (χ4n) is 2.12. The molecule has 0 N–H and O–H groups in total. The van der Waals surface area contributed by atoms with E-state index in [-0.39, 0.29) is 11.8 Å². The molecule has 20 heavy (non-hydrogen) atoms. The van der Waals surface area contributed by atoms with Crippen molar-refractivity contribution in [3.8, 4) is 0 Å². The minimum Gasteiger partial charge on any atom is -0.273 e. The van der Waals surface area contributed by atoms with Crippen LogP contribution >= 0.6 is 11.8 Å². The number of rotatable bonds is 4. The first-order valence-electron chi connectivity index (χ1n) is 6.26. The van der Waals surface area contributed by atoms with E-state index >= 15 is 0 Å². The zero-order chi connectivity index (χ0) is 13.9. The van der Waals surface area contributed by atoms with Crippen LogP contribution in [-0.4, -0.2) is 34.0 Å². The summed E-state index contributed by atoms with van der Waals surface area (Å²) in [5.41, 5.74) is 1.00. The summed E-state index contributed by atoms with van der Waals surface area (Å²) in [4.78, 5) is 29.8. The van der Waals surface area contributed by atoms with Crippen molar-refractivity contribution in [2.45, 2.75) is 5.03 Å². The Morgan fingerprint density at radius 1 is 0.950 bits per heavy atom. The van der Waals surface area contributed by atoms with E-state index in [4.69, 9.17) is 0 Å². The number of imide groups is 1. The summed E-state index contributed by atoms with van der Waals surface area (Å²) < 4.78 is 0. The smallest absolute Gasteiger partial charge is 0.261 e. The van der Waals surface area contributed by atoms with E-state index in [0.717, 1.165) is 5.03 Å². The highest BCUT2D eigenvalue weighted by Crippen LogP contribution is 2.23. The van der Waals surface area contributed by atoms with Gasteiger partial charge in [0.25, 0.3) is 11.8 Å². The highest BCUT2D eigenvalue weighted by atomic mass is 32.2. The summed E-state index contributed by atoms with van der Waals surface area (Å²) in [6, 6.07) is 12.6. The van der Waals surface area contributed by atoms with Crippen molar-refractivity contribution in [1.29, 1.82) is 0 Å². The number of fused-ring (bicyclic) bond motifs is 1. The second-order valence-electron chi connectivity index (χ2n) is 4.32. The van der Waals surface area contributed by atoms with Gasteiger partial charge in [0.2, 0.25) is 0 Å². The van der Waals surface area contributed by atoms with Gasteiger partial charge >= 0.3 is 0 Å². The van der Waals surface area contributed by atoms with Crippen LogP contribution in [0.2, 0.25) is 0 Å². The van der Waals surface area contributed by atoms with Gasteiger partial charge in [-0.15, -0.1) is 11.8 Å². The van der Waals surface area contributed by atoms with Gasteiger partial charge in [-0.05, 0) is 24.3 Å². The van der Waals surface area contributed by atoms with E-state index in [9.17, 15) is 9.59 Å². The number of thioether (sulfide) groups is 1. The minimum atomic E-state index is -0.202. The van der Waals surface area contributed by atoms with Crippen LogP contribution in [0, 0.1) is 0 Å². The van der Waals surface area contributed by atoms with Crippen LogP contribution in [0.3, 0.4) is 0 Å². The molecule has 2 aromatic rings. The third-order valence-electron chi connectivity index (χ3n) is 3.08. The van der Waals surface area contributed by atoms with Gasteiger partial charge in [0.1, 0.15) is 0 Å². The molecule has 5 heteroatoms. The second-order valence-corrected chi connectivity index (χ2v) is 5.44. The Balaban J connectivity index is 1.65. The lowest BCUT2D eigenvalue weighted by molar-refractivity contribution is 0.0664. The summed E-state index contributed by atoms with van der Waals surface area (Å²) in [5, 5.41) is 0.893. The highest BCUT2D eigenvalue weighted by Gasteiger charge is 2.34. The number of hydrogen-bond acceptors (Lipinski definition) is 4. The highest BCUT2D eigenvalue weighted by molar-refractivity contribution is 7.99. The number of pyridine rings is 1. The van der Waals surface area contributed by atoms with E-state index in [1.54, 1.807) is 30.5 Å². The molecule has 0 unspecified atom stereocenters. The number of amides is 2. The third kappa shape index (κ3) is 2.32. The van der Waals surface area contributed by atoms with Crippen LogP contribution in [0.1, 0.15) is 20.7 Å². The summed E-state index contributed by atoms with van der Waals surface area (Å²) in [6.45, 7) is 0.396. The molecule has 2 heterocycles. The fourth-order valence-corrected chi connectivity index (χ4v) is 2.91. The molecule has 1 aliphatic heterocycles. The lowest BCUT2D eigenvalue weighted by Gasteiger charge is -2.12. The first kappa shape index (κ1) is 12.9. The Morgan fingerprint density at radius 3 is 2.20 bits per heavy atom. The predicted octanol–water partition coefficient (Wildman–Crippen LogP) is 2.47. The molecule has 0 aliphatic carbocycles. The zero-order valence-corrected chi connectivity index (χ0v) is 11.5. The van der Waals surface area contributed by atoms with Gasteiger partial charge in [-0.1, -0.05) is 18.2 Å². The van der Waals surface area contributed by atoms with Crippen molar-refractivity contribution in [3.05, 3.63) is 59.8 Å². The molecule has 0 spiro atoms. The van der Waals surface area contributed by atoms with Crippen molar-refractivity contribution in [2.24, 2.45) is 0 Å². The fraction of sp³-hybridized carbons (Fsp3) is 0.133. The molecule has 2 amide bonds. The topological polar surface area (TPSA) is 50.3 Å². The van der Waals surface area contributed by atoms with Crippen molar-refractivity contribution >= 4 is 23.6 Å². The number of carbonyl (C=O) groups is 2. The van der Waals surface area contributed by atoms with Crippen LogP contribution in [0.5, 0.6) is 0 Å². The largest absolute Gasteiger partial charge is 0.273 e. The summed E-state index contributed by atoms with van der Waals surface area (Å²) >= 11 is 1.53. The minimum absolute atomic E-state index is 0.202. The van der Waals surface area contributed by atoms with Crippen molar-refractivity contribution < 1.29 is 9.59 Å². The van der Waals surface area contributed by atoms with Gasteiger partial charge in [0, 0.05) is 18.5 Å². The number of benzene rings is 1. The molecule has 3 rings (SSSR count). The van der Waals surface area contributed by atoms with Gasteiger partial charge in [0.05, 0.1) is 16.2 Å². The molecule has 0 saturated carbocycles. The Bertz CT molecular complexity index is 623. The van der Waals surface area contributed by atoms with Gasteiger partial charge in [-0.2, -0.15) is 0 Å². The van der Waals surface area contributed by atoms with Crippen LogP contribution in [0.25, 0.3) is 0 Å². The van der Waals surface area contributed by atoms with Gasteiger partial charge in [0.15, 0.2) is 0 Å². The summed E-state index contributed by atoms with van der Waals surface area (Å²) in [5.74, 6) is 0.238. The van der Waals surface area contributed by atoms with Gasteiger partial charge < -0.3 is 0 Å². The average Bonchev–Trinajstić information content (AvgIpc) is 2.74. The summed E-state index contributed by atoms with van der Waals surface area (Å²) in [7, 11) is 0. The molecule has 1 aromatic carbocycles. The SMILES string of the molecule is O=C1c2ccccc2C(=O)N1CCSc1ccccn1. The quantitative estimate of drug-likeness (QED) is 0.639. The Kier molecular flexibility index (Phi) is 3.52. The standard InChI is InChI=1S/C15H12N2O2S/c18-14-11-5-1-2-6-12(11)15(19)17(14)9-10-20-13-7-3-4-8-16-13/h1-8H,9-10H2. The molecular weight excluding hydrogens is 272 g/mol. The molecule has 0 radical (unpaired) electrons. The second kappa shape index (κ2) is 5.46. The van der Waals surface area contributed by atoms with Crippen molar-refractivity contribution in [2.75, 3.05) is 12.3 Å². The number of hydrogen-bond donors (Lipinski definition) is 0. The average molecular weight is 284 g/mol. The number of nitrogens with zero attached hydrogens (tertiary/aromatic N) is 2. The first-order valence-corrected chi connectivity index (χ1v) is 7.25. The maximum atomic E-state index is 12.1. The van der Waals surface area contributed by atoms with Crippen molar-refractivity contribution in [3.63, 3.8) is 0 Å². The molecule has 100 valence electrons. The van der Waals surface area contributed by atoms with E-state index < -0.39 is 0 Å². The molecule has 0 saturated heterocycles. The molecule has 0 fully saturated rings. The third-order valence-corrected chi connectivity index (χ3v) is 4.00. The Labute approximate surface area is 120 Å². The maximum Gasteiger partial charge on any atom is 0.261 e. The van der Waals surface area contributed by atoms with E-state index in [1.165, 1.54) is 16.7 Å². The maximum absolute atomic E-state index is 12.1. The molecular formula is C15H12N2O2S. The van der Waals surface area contributed by atoms with Crippen LogP contribution in [-0.2, 0) is 0 Å². The summed E-state index contributed by atoms with van der Waals surface area (Å²) in [6.07, 6.45) is 1.73.